The van der Waals surface area contributed by atoms with Crippen LogP contribution in [0.1, 0.15) is 30.4 Å². The van der Waals surface area contributed by atoms with Gasteiger partial charge >= 0.3 is 0 Å². The Morgan fingerprint density at radius 1 is 1.11 bits per heavy atom. The van der Waals surface area contributed by atoms with Gasteiger partial charge in [0.1, 0.15) is 0 Å². The van der Waals surface area contributed by atoms with Crippen LogP contribution in [0.25, 0.3) is 0 Å². The summed E-state index contributed by atoms with van der Waals surface area (Å²) in [5, 5.41) is 3.18. The molecule has 1 N–H and O–H groups in total. The summed E-state index contributed by atoms with van der Waals surface area (Å²) in [6.07, 6.45) is 2.26. The summed E-state index contributed by atoms with van der Waals surface area (Å²) in [4.78, 5) is 15.1. The van der Waals surface area contributed by atoms with E-state index in [2.05, 4.69) is 5.32 Å². The molecular weight excluding hydrogens is 398 g/mol. The zero-order chi connectivity index (χ0) is 19.6. The Morgan fingerprint density at radius 3 is 2.39 bits per heavy atom. The van der Waals surface area contributed by atoms with Crippen LogP contribution >= 0.6 is 12.4 Å². The van der Waals surface area contributed by atoms with E-state index >= 15 is 0 Å². The SMILES string of the molecule is CNCC1CCN(C(=O)C2CCN(S(=O)(=O)c3ccc(C)c(C)c3)CC2)C1.Cl. The first kappa shape index (κ1) is 23.1. The van der Waals surface area contributed by atoms with Gasteiger partial charge in [-0.3, -0.25) is 4.79 Å². The average Bonchev–Trinajstić information content (AvgIpc) is 3.12. The van der Waals surface area contributed by atoms with Crippen LogP contribution in [-0.2, 0) is 14.8 Å². The summed E-state index contributed by atoms with van der Waals surface area (Å²) in [5.41, 5.74) is 2.06. The van der Waals surface area contributed by atoms with Gasteiger partial charge < -0.3 is 10.2 Å². The number of nitrogens with one attached hydrogen (secondary N) is 1. The topological polar surface area (TPSA) is 69.7 Å². The van der Waals surface area contributed by atoms with Crippen molar-refractivity contribution in [2.45, 2.75) is 38.0 Å². The van der Waals surface area contributed by atoms with Crippen LogP contribution in [0, 0.1) is 25.7 Å². The Labute approximate surface area is 175 Å². The fourth-order valence-electron chi connectivity index (χ4n) is 4.11. The van der Waals surface area contributed by atoms with Crippen LogP contribution in [0.2, 0.25) is 0 Å². The number of halogens is 1. The van der Waals surface area contributed by atoms with Crippen molar-refractivity contribution >= 4 is 28.3 Å². The second-order valence-corrected chi connectivity index (χ2v) is 9.86. The minimum absolute atomic E-state index is 0. The fourth-order valence-corrected chi connectivity index (χ4v) is 5.67. The third-order valence-corrected chi connectivity index (χ3v) is 7.90. The van der Waals surface area contributed by atoms with Crippen LogP contribution in [0.15, 0.2) is 23.1 Å². The number of carbonyl (C=O) groups excluding carboxylic acids is 1. The van der Waals surface area contributed by atoms with Crippen molar-refractivity contribution in [2.75, 3.05) is 39.8 Å². The largest absolute Gasteiger partial charge is 0.342 e. The molecule has 2 aliphatic rings. The maximum Gasteiger partial charge on any atom is 0.243 e. The van der Waals surface area contributed by atoms with Gasteiger partial charge in [-0.15, -0.1) is 12.4 Å². The quantitative estimate of drug-likeness (QED) is 0.778. The number of hydrogen-bond donors (Lipinski definition) is 1. The lowest BCUT2D eigenvalue weighted by Gasteiger charge is -2.32. The van der Waals surface area contributed by atoms with E-state index in [0.29, 0.717) is 36.7 Å². The summed E-state index contributed by atoms with van der Waals surface area (Å²) in [6.45, 7) is 7.32. The van der Waals surface area contributed by atoms with Crippen molar-refractivity contribution in [1.82, 2.24) is 14.5 Å². The minimum Gasteiger partial charge on any atom is -0.342 e. The number of carbonyl (C=O) groups is 1. The molecule has 0 radical (unpaired) electrons. The normalized spacial score (nSPS) is 21.5. The van der Waals surface area contributed by atoms with Crippen LogP contribution in [0.4, 0.5) is 0 Å². The van der Waals surface area contributed by atoms with Gasteiger partial charge in [0.2, 0.25) is 15.9 Å². The highest BCUT2D eigenvalue weighted by molar-refractivity contribution is 7.89. The standard InChI is InChI=1S/C20H31N3O3S.ClH/c1-15-4-5-19(12-16(15)2)27(25,26)23-10-7-18(8-11-23)20(24)22-9-6-17(14-22)13-21-3;/h4-5,12,17-18,21H,6-11,13-14H2,1-3H3;1H. The molecule has 1 aromatic carbocycles. The summed E-state index contributed by atoms with van der Waals surface area (Å²) >= 11 is 0. The number of likely N-dealkylation sites (tertiary alicyclic amines) is 1. The molecule has 1 aromatic rings. The smallest absolute Gasteiger partial charge is 0.243 e. The van der Waals surface area contributed by atoms with Crippen molar-refractivity contribution in [3.63, 3.8) is 0 Å². The maximum atomic E-state index is 12.9. The van der Waals surface area contributed by atoms with Gasteiger partial charge in [0.15, 0.2) is 0 Å². The molecule has 6 nitrogen and oxygen atoms in total. The van der Waals surface area contributed by atoms with E-state index in [0.717, 1.165) is 37.2 Å². The first-order valence-electron chi connectivity index (χ1n) is 9.83. The molecule has 1 unspecified atom stereocenters. The highest BCUT2D eigenvalue weighted by atomic mass is 35.5. The van der Waals surface area contributed by atoms with Crippen molar-refractivity contribution < 1.29 is 13.2 Å². The lowest BCUT2D eigenvalue weighted by Crippen LogP contribution is -2.44. The van der Waals surface area contributed by atoms with Gasteiger partial charge in [-0.25, -0.2) is 8.42 Å². The third-order valence-electron chi connectivity index (χ3n) is 6.01. The van der Waals surface area contributed by atoms with Crippen LogP contribution in [0.3, 0.4) is 0 Å². The number of benzene rings is 1. The highest BCUT2D eigenvalue weighted by Gasteiger charge is 2.35. The van der Waals surface area contributed by atoms with E-state index < -0.39 is 10.0 Å². The summed E-state index contributed by atoms with van der Waals surface area (Å²) in [5.74, 6) is 0.686. The van der Waals surface area contributed by atoms with E-state index in [9.17, 15) is 13.2 Å². The molecule has 0 bridgehead atoms. The van der Waals surface area contributed by atoms with Gasteiger partial charge in [0.05, 0.1) is 4.90 Å². The molecule has 0 saturated carbocycles. The van der Waals surface area contributed by atoms with E-state index in [1.165, 1.54) is 4.31 Å². The number of nitrogens with zero attached hydrogens (tertiary/aromatic N) is 2. The number of sulfonamides is 1. The van der Waals surface area contributed by atoms with E-state index in [1.54, 1.807) is 12.1 Å². The summed E-state index contributed by atoms with van der Waals surface area (Å²) < 4.78 is 27.4. The molecule has 2 saturated heterocycles. The summed E-state index contributed by atoms with van der Waals surface area (Å²) in [6, 6.07) is 5.28. The van der Waals surface area contributed by atoms with Gasteiger partial charge in [0, 0.05) is 32.1 Å². The second-order valence-electron chi connectivity index (χ2n) is 7.92. The van der Waals surface area contributed by atoms with Crippen LogP contribution < -0.4 is 5.32 Å². The average molecular weight is 430 g/mol. The lowest BCUT2D eigenvalue weighted by atomic mass is 9.96. The molecule has 28 heavy (non-hydrogen) atoms. The zero-order valence-electron chi connectivity index (χ0n) is 17.0. The number of piperidine rings is 1. The van der Waals surface area contributed by atoms with Gasteiger partial charge in [0.25, 0.3) is 0 Å². The van der Waals surface area contributed by atoms with Crippen LogP contribution in [-0.4, -0.2) is 63.3 Å². The first-order valence-corrected chi connectivity index (χ1v) is 11.3. The molecule has 158 valence electrons. The Bertz CT molecular complexity index is 792. The molecule has 1 atom stereocenters. The second kappa shape index (κ2) is 9.57. The lowest BCUT2D eigenvalue weighted by molar-refractivity contribution is -0.135. The highest BCUT2D eigenvalue weighted by Crippen LogP contribution is 2.27. The van der Waals surface area contributed by atoms with Crippen molar-refractivity contribution in [3.05, 3.63) is 29.3 Å². The fraction of sp³-hybridized carbons (Fsp3) is 0.650. The monoisotopic (exact) mass is 429 g/mol. The third kappa shape index (κ3) is 4.87. The number of rotatable bonds is 5. The molecule has 2 heterocycles. The number of hydrogen-bond acceptors (Lipinski definition) is 4. The van der Waals surface area contributed by atoms with Crippen LogP contribution in [0.5, 0.6) is 0 Å². The van der Waals surface area contributed by atoms with Gasteiger partial charge in [-0.1, -0.05) is 6.07 Å². The first-order chi connectivity index (χ1) is 12.8. The van der Waals surface area contributed by atoms with E-state index in [4.69, 9.17) is 0 Å². The molecule has 1 amide bonds. The maximum absolute atomic E-state index is 12.9. The van der Waals surface area contributed by atoms with E-state index in [-0.39, 0.29) is 24.2 Å². The molecule has 0 spiro atoms. The molecule has 3 rings (SSSR count). The van der Waals surface area contributed by atoms with Crippen molar-refractivity contribution in [1.29, 1.82) is 0 Å². The molecule has 0 aliphatic carbocycles. The number of aryl methyl sites for hydroxylation is 2. The Hall–Kier alpha value is -1.15. The Kier molecular flexibility index (Phi) is 7.90. The van der Waals surface area contributed by atoms with Gasteiger partial charge in [-0.2, -0.15) is 4.31 Å². The van der Waals surface area contributed by atoms with Crippen molar-refractivity contribution in [2.24, 2.45) is 11.8 Å². The van der Waals surface area contributed by atoms with Gasteiger partial charge in [-0.05, 0) is 75.9 Å². The summed E-state index contributed by atoms with van der Waals surface area (Å²) in [7, 11) is -1.54. The molecule has 2 fully saturated rings. The predicted molar refractivity (Wildman–Crippen MR) is 113 cm³/mol. The minimum atomic E-state index is -3.49. The number of amides is 1. The van der Waals surface area contributed by atoms with Crippen molar-refractivity contribution in [3.8, 4) is 0 Å². The predicted octanol–water partition coefficient (Wildman–Crippen LogP) is 2.19. The Balaban J connectivity index is 0.00000280. The molecular formula is C20H32ClN3O3S. The Morgan fingerprint density at radius 2 is 1.79 bits per heavy atom. The molecule has 0 aromatic heterocycles. The zero-order valence-corrected chi connectivity index (χ0v) is 18.6. The molecule has 2 aliphatic heterocycles. The molecule has 8 heteroatoms. The van der Waals surface area contributed by atoms with E-state index in [1.807, 2.05) is 31.9 Å².